The van der Waals surface area contributed by atoms with Crippen molar-refractivity contribution >= 4 is 45.9 Å². The van der Waals surface area contributed by atoms with Crippen LogP contribution in [0.15, 0.2) is 58.1 Å². The second kappa shape index (κ2) is 7.69. The number of rotatable bonds is 5. The number of fused-ring (bicyclic) bond motifs is 1. The van der Waals surface area contributed by atoms with Gasteiger partial charge in [0, 0.05) is 23.1 Å². The van der Waals surface area contributed by atoms with Crippen molar-refractivity contribution in [2.75, 3.05) is 11.1 Å². The summed E-state index contributed by atoms with van der Waals surface area (Å²) in [5, 5.41) is 13.6. The molecule has 4 aromatic rings. The lowest BCUT2D eigenvalue weighted by Gasteiger charge is -2.08. The van der Waals surface area contributed by atoms with Gasteiger partial charge in [-0.15, -0.1) is 10.2 Å². The van der Waals surface area contributed by atoms with Crippen LogP contribution in [0, 0.1) is 6.92 Å². The number of aryl methyl sites for hydroxylation is 1. The maximum Gasteiger partial charge on any atom is 0.234 e. The number of carbonyl (C=O) groups is 1. The second-order valence-electron chi connectivity index (χ2n) is 6.31. The molecule has 28 heavy (non-hydrogen) atoms. The molecular weight excluding hydrogens is 396 g/mol. The van der Waals surface area contributed by atoms with Crippen molar-refractivity contribution in [2.24, 2.45) is 7.05 Å². The number of thioether (sulfide) groups is 1. The van der Waals surface area contributed by atoms with Gasteiger partial charge in [0.1, 0.15) is 5.58 Å². The number of nitrogens with zero attached hydrogens (tertiary/aromatic N) is 3. The van der Waals surface area contributed by atoms with Crippen LogP contribution < -0.4 is 5.32 Å². The van der Waals surface area contributed by atoms with Crippen molar-refractivity contribution in [1.29, 1.82) is 0 Å². The number of para-hydroxylation sites is 1. The monoisotopic (exact) mass is 412 g/mol. The van der Waals surface area contributed by atoms with E-state index in [9.17, 15) is 4.79 Å². The van der Waals surface area contributed by atoms with Crippen LogP contribution in [0.3, 0.4) is 0 Å². The number of amides is 1. The molecule has 0 aliphatic rings. The lowest BCUT2D eigenvalue weighted by atomic mass is 10.2. The number of hydrogen-bond acceptors (Lipinski definition) is 5. The van der Waals surface area contributed by atoms with Crippen LogP contribution in [-0.2, 0) is 11.8 Å². The zero-order valence-corrected chi connectivity index (χ0v) is 16.8. The molecule has 0 aliphatic carbocycles. The Balaban J connectivity index is 1.45. The summed E-state index contributed by atoms with van der Waals surface area (Å²) in [6.45, 7) is 1.90. The van der Waals surface area contributed by atoms with E-state index in [-0.39, 0.29) is 11.7 Å². The van der Waals surface area contributed by atoms with E-state index >= 15 is 0 Å². The van der Waals surface area contributed by atoms with Crippen LogP contribution in [0.2, 0.25) is 5.02 Å². The molecule has 2 heterocycles. The van der Waals surface area contributed by atoms with E-state index in [0.717, 1.165) is 22.2 Å². The van der Waals surface area contributed by atoms with Crippen LogP contribution in [0.1, 0.15) is 5.56 Å². The normalized spacial score (nSPS) is 11.1. The van der Waals surface area contributed by atoms with Gasteiger partial charge in [0.2, 0.25) is 5.91 Å². The molecule has 1 N–H and O–H groups in total. The Kier molecular flexibility index (Phi) is 5.11. The first-order valence-corrected chi connectivity index (χ1v) is 9.95. The van der Waals surface area contributed by atoms with Crippen LogP contribution in [0.5, 0.6) is 0 Å². The summed E-state index contributed by atoms with van der Waals surface area (Å²) in [4.78, 5) is 12.3. The maximum absolute atomic E-state index is 12.3. The van der Waals surface area contributed by atoms with Gasteiger partial charge in [-0.2, -0.15) is 0 Å². The number of anilines is 1. The van der Waals surface area contributed by atoms with E-state index in [1.165, 1.54) is 11.8 Å². The smallest absolute Gasteiger partial charge is 0.234 e. The van der Waals surface area contributed by atoms with Crippen LogP contribution >= 0.6 is 23.4 Å². The molecule has 4 rings (SSSR count). The number of nitrogens with one attached hydrogen (secondary N) is 1. The third kappa shape index (κ3) is 3.76. The molecule has 142 valence electrons. The average molecular weight is 413 g/mol. The zero-order valence-electron chi connectivity index (χ0n) is 15.3. The summed E-state index contributed by atoms with van der Waals surface area (Å²) in [7, 11) is 1.85. The Morgan fingerprint density at radius 3 is 2.82 bits per heavy atom. The summed E-state index contributed by atoms with van der Waals surface area (Å²) in [5.74, 6) is 1.36. The average Bonchev–Trinajstić information content (AvgIpc) is 3.25. The Morgan fingerprint density at radius 2 is 2.04 bits per heavy atom. The Hall–Kier alpha value is -2.77. The van der Waals surface area contributed by atoms with Crippen LogP contribution in [0.4, 0.5) is 5.69 Å². The van der Waals surface area contributed by atoms with E-state index in [1.807, 2.05) is 54.9 Å². The summed E-state index contributed by atoms with van der Waals surface area (Å²) < 4.78 is 7.68. The molecule has 1 amide bonds. The van der Waals surface area contributed by atoms with Gasteiger partial charge in [-0.05, 0) is 42.8 Å². The fourth-order valence-electron chi connectivity index (χ4n) is 2.83. The first-order valence-electron chi connectivity index (χ1n) is 8.58. The van der Waals surface area contributed by atoms with Gasteiger partial charge in [0.25, 0.3) is 0 Å². The summed E-state index contributed by atoms with van der Waals surface area (Å²) in [6, 6.07) is 15.1. The van der Waals surface area contributed by atoms with Gasteiger partial charge >= 0.3 is 0 Å². The molecule has 0 unspecified atom stereocenters. The second-order valence-corrected chi connectivity index (χ2v) is 7.69. The predicted octanol–water partition coefficient (Wildman–Crippen LogP) is 4.92. The maximum atomic E-state index is 12.3. The minimum atomic E-state index is -0.122. The zero-order chi connectivity index (χ0) is 19.7. The Labute approximate surface area is 170 Å². The van der Waals surface area contributed by atoms with Gasteiger partial charge in [-0.3, -0.25) is 4.79 Å². The molecule has 0 saturated heterocycles. The molecule has 0 atom stereocenters. The highest BCUT2D eigenvalue weighted by Crippen LogP contribution is 2.28. The molecule has 2 aromatic heterocycles. The molecule has 0 bridgehead atoms. The molecule has 8 heteroatoms. The molecule has 0 fully saturated rings. The van der Waals surface area contributed by atoms with Crippen molar-refractivity contribution in [3.63, 3.8) is 0 Å². The topological polar surface area (TPSA) is 73.0 Å². The largest absolute Gasteiger partial charge is 0.453 e. The number of hydrogen-bond donors (Lipinski definition) is 1. The molecule has 0 saturated carbocycles. The van der Waals surface area contributed by atoms with Crippen molar-refractivity contribution in [2.45, 2.75) is 12.1 Å². The van der Waals surface area contributed by atoms with E-state index < -0.39 is 0 Å². The van der Waals surface area contributed by atoms with Gasteiger partial charge in [0.15, 0.2) is 16.7 Å². The summed E-state index contributed by atoms with van der Waals surface area (Å²) in [5.41, 5.74) is 2.46. The van der Waals surface area contributed by atoms with E-state index in [1.54, 1.807) is 12.1 Å². The summed E-state index contributed by atoms with van der Waals surface area (Å²) in [6.07, 6.45) is 0. The van der Waals surface area contributed by atoms with Gasteiger partial charge < -0.3 is 14.3 Å². The highest BCUT2D eigenvalue weighted by molar-refractivity contribution is 7.99. The van der Waals surface area contributed by atoms with Crippen molar-refractivity contribution in [3.05, 3.63) is 59.1 Å². The van der Waals surface area contributed by atoms with Gasteiger partial charge in [-0.25, -0.2) is 0 Å². The Morgan fingerprint density at radius 1 is 1.21 bits per heavy atom. The van der Waals surface area contributed by atoms with E-state index in [2.05, 4.69) is 15.5 Å². The van der Waals surface area contributed by atoms with Crippen molar-refractivity contribution < 1.29 is 9.21 Å². The summed E-state index contributed by atoms with van der Waals surface area (Å²) >= 11 is 7.26. The molecule has 6 nitrogen and oxygen atoms in total. The minimum absolute atomic E-state index is 0.122. The first kappa shape index (κ1) is 18.6. The third-order valence-corrected chi connectivity index (χ3v) is 5.53. The number of carbonyl (C=O) groups excluding carboxylic acids is 1. The van der Waals surface area contributed by atoms with Gasteiger partial charge in [0.05, 0.1) is 5.75 Å². The fraction of sp³-hybridized carbons (Fsp3) is 0.150. The number of benzene rings is 2. The van der Waals surface area contributed by atoms with Crippen molar-refractivity contribution in [1.82, 2.24) is 14.8 Å². The molecule has 0 aliphatic heterocycles. The lowest BCUT2D eigenvalue weighted by Crippen LogP contribution is -2.15. The lowest BCUT2D eigenvalue weighted by molar-refractivity contribution is -0.113. The number of aromatic nitrogens is 3. The first-order chi connectivity index (χ1) is 13.5. The fourth-order valence-corrected chi connectivity index (χ4v) is 3.77. The number of halogens is 1. The molecule has 0 radical (unpaired) electrons. The quantitative estimate of drug-likeness (QED) is 0.471. The van der Waals surface area contributed by atoms with Crippen LogP contribution in [-0.4, -0.2) is 26.4 Å². The standard InChI is InChI=1S/C20H17ClN4O2S/c1-12-9-14(21)7-8-15(12)22-18(26)11-28-20-24-23-19(25(20)2)17-10-13-5-3-4-6-16(13)27-17/h3-10H,11H2,1-2H3,(H,22,26). The number of furan rings is 1. The minimum Gasteiger partial charge on any atom is -0.453 e. The highest BCUT2D eigenvalue weighted by atomic mass is 35.5. The molecule has 0 spiro atoms. The van der Waals surface area contributed by atoms with Crippen molar-refractivity contribution in [3.8, 4) is 11.6 Å². The van der Waals surface area contributed by atoms with Gasteiger partial charge in [-0.1, -0.05) is 41.6 Å². The predicted molar refractivity (Wildman–Crippen MR) is 112 cm³/mol. The Bertz CT molecular complexity index is 1140. The van der Waals surface area contributed by atoms with E-state index in [0.29, 0.717) is 21.8 Å². The third-order valence-electron chi connectivity index (χ3n) is 4.28. The van der Waals surface area contributed by atoms with E-state index in [4.69, 9.17) is 16.0 Å². The molecular formula is C20H17ClN4O2S. The SMILES string of the molecule is Cc1cc(Cl)ccc1NC(=O)CSc1nnc(-c2cc3ccccc3o2)n1C. The highest BCUT2D eigenvalue weighted by Gasteiger charge is 2.16. The molecule has 2 aromatic carbocycles. The van der Waals surface area contributed by atoms with Crippen LogP contribution in [0.25, 0.3) is 22.6 Å².